The number of para-hydroxylation sites is 2. The highest BCUT2D eigenvalue weighted by Crippen LogP contribution is 2.36. The van der Waals surface area contributed by atoms with Crippen molar-refractivity contribution in [3.63, 3.8) is 0 Å². The van der Waals surface area contributed by atoms with Gasteiger partial charge in [-0.1, -0.05) is 85.0 Å². The Hall–Kier alpha value is -4.56. The molecule has 0 bridgehead atoms. The van der Waals surface area contributed by atoms with Crippen molar-refractivity contribution in [2.45, 2.75) is 25.7 Å². The van der Waals surface area contributed by atoms with Crippen molar-refractivity contribution in [3.05, 3.63) is 132 Å². The second-order valence-electron chi connectivity index (χ2n) is 10.4. The van der Waals surface area contributed by atoms with Crippen LogP contribution in [0.1, 0.15) is 35.4 Å². The zero-order chi connectivity index (χ0) is 25.1. The lowest BCUT2D eigenvalue weighted by atomic mass is 10.0. The van der Waals surface area contributed by atoms with Gasteiger partial charge in [0.1, 0.15) is 0 Å². The van der Waals surface area contributed by atoms with Crippen LogP contribution in [0.15, 0.2) is 109 Å². The summed E-state index contributed by atoms with van der Waals surface area (Å²) in [5.41, 5.74) is 13.1. The fourth-order valence-corrected chi connectivity index (χ4v) is 6.54. The van der Waals surface area contributed by atoms with E-state index in [1.165, 1.54) is 66.8 Å². The van der Waals surface area contributed by atoms with E-state index in [1.807, 2.05) is 0 Å². The van der Waals surface area contributed by atoms with Gasteiger partial charge in [-0.05, 0) is 73.2 Å². The monoisotopic (exact) mass is 488 g/mol. The maximum atomic E-state index is 2.45. The van der Waals surface area contributed by atoms with Crippen LogP contribution in [0.5, 0.6) is 0 Å². The number of fused-ring (bicyclic) bond motifs is 6. The molecule has 0 atom stereocenters. The van der Waals surface area contributed by atoms with E-state index in [-0.39, 0.29) is 0 Å². The molecule has 6 aromatic rings. The molecule has 2 heteroatoms. The minimum absolute atomic E-state index is 1.08. The minimum atomic E-state index is 1.08. The lowest BCUT2D eigenvalue weighted by Crippen LogP contribution is -2.03. The largest absolute Gasteiger partial charge is 0.313 e. The molecule has 2 heterocycles. The lowest BCUT2D eigenvalue weighted by molar-refractivity contribution is 0.888. The summed E-state index contributed by atoms with van der Waals surface area (Å²) in [6.45, 7) is 0. The van der Waals surface area contributed by atoms with E-state index in [0.717, 1.165) is 25.7 Å². The summed E-state index contributed by atoms with van der Waals surface area (Å²) < 4.78 is 4.91. The molecule has 38 heavy (non-hydrogen) atoms. The molecule has 182 valence electrons. The van der Waals surface area contributed by atoms with Crippen LogP contribution in [-0.2, 0) is 12.8 Å². The van der Waals surface area contributed by atoms with Crippen LogP contribution < -0.4 is 0 Å². The van der Waals surface area contributed by atoms with Crippen LogP contribution >= 0.6 is 0 Å². The van der Waals surface area contributed by atoms with Crippen molar-refractivity contribution in [1.29, 1.82) is 0 Å². The van der Waals surface area contributed by atoms with Gasteiger partial charge >= 0.3 is 0 Å². The van der Waals surface area contributed by atoms with Gasteiger partial charge in [-0.2, -0.15) is 0 Å². The average molecular weight is 489 g/mol. The maximum absolute atomic E-state index is 2.45. The van der Waals surface area contributed by atoms with Crippen LogP contribution in [0.25, 0.3) is 56.5 Å². The van der Waals surface area contributed by atoms with E-state index in [9.17, 15) is 0 Å². The number of nitrogens with zero attached hydrogens (tertiary/aromatic N) is 2. The first-order chi connectivity index (χ1) is 18.9. The summed E-state index contributed by atoms with van der Waals surface area (Å²) in [6.07, 6.45) is 13.6. The standard InChI is InChI=1S/C36H28N2/c1-5-13-33-29(9-1)30-10-2-6-14-34(30)37(33)27-21-17-25(18-22-27)26-19-23-28(24-20-26)38-35-15-7-3-11-31(35)32-12-4-8-16-36(32)38/h1-5,7,9-13,15,17-24H,6,8,14,16H2. The summed E-state index contributed by atoms with van der Waals surface area (Å²) in [6, 6.07) is 35.7. The molecule has 0 spiro atoms. The fourth-order valence-electron chi connectivity index (χ4n) is 6.54. The number of rotatable bonds is 3. The van der Waals surface area contributed by atoms with Gasteiger partial charge < -0.3 is 9.13 Å². The van der Waals surface area contributed by atoms with Crippen LogP contribution in [0.2, 0.25) is 0 Å². The third-order valence-corrected chi connectivity index (χ3v) is 8.28. The Labute approximate surface area is 222 Å². The van der Waals surface area contributed by atoms with Gasteiger partial charge in [-0.15, -0.1) is 0 Å². The minimum Gasteiger partial charge on any atom is -0.313 e. The highest BCUT2D eigenvalue weighted by molar-refractivity contribution is 5.94. The number of benzene rings is 4. The highest BCUT2D eigenvalue weighted by Gasteiger charge is 2.19. The van der Waals surface area contributed by atoms with Crippen LogP contribution in [-0.4, -0.2) is 9.13 Å². The second kappa shape index (κ2) is 8.49. The van der Waals surface area contributed by atoms with E-state index in [4.69, 9.17) is 0 Å². The van der Waals surface area contributed by atoms with Gasteiger partial charge in [-0.3, -0.25) is 0 Å². The molecule has 4 aromatic carbocycles. The third kappa shape index (κ3) is 3.20. The summed E-state index contributed by atoms with van der Waals surface area (Å²) in [5.74, 6) is 0. The van der Waals surface area contributed by atoms with Gasteiger partial charge in [0, 0.05) is 44.7 Å². The molecule has 0 saturated heterocycles. The molecular formula is C36H28N2. The summed E-state index contributed by atoms with van der Waals surface area (Å²) in [7, 11) is 0. The number of aromatic nitrogens is 2. The van der Waals surface area contributed by atoms with Crippen molar-refractivity contribution in [3.8, 4) is 22.5 Å². The molecule has 2 aromatic heterocycles. The van der Waals surface area contributed by atoms with E-state index in [0.29, 0.717) is 0 Å². The summed E-state index contributed by atoms with van der Waals surface area (Å²) in [5, 5.41) is 2.68. The first kappa shape index (κ1) is 21.5. The molecule has 0 N–H and O–H groups in total. The molecule has 0 amide bonds. The lowest BCUT2D eigenvalue weighted by Gasteiger charge is -2.15. The van der Waals surface area contributed by atoms with E-state index in [1.54, 1.807) is 0 Å². The summed E-state index contributed by atoms with van der Waals surface area (Å²) in [4.78, 5) is 0. The van der Waals surface area contributed by atoms with E-state index in [2.05, 4.69) is 131 Å². The van der Waals surface area contributed by atoms with Crippen LogP contribution in [0.4, 0.5) is 0 Å². The molecular weight excluding hydrogens is 460 g/mol. The molecule has 0 unspecified atom stereocenters. The first-order valence-electron chi connectivity index (χ1n) is 13.7. The molecule has 0 saturated carbocycles. The predicted molar refractivity (Wildman–Crippen MR) is 160 cm³/mol. The van der Waals surface area contributed by atoms with Crippen molar-refractivity contribution >= 4 is 34.0 Å². The van der Waals surface area contributed by atoms with Crippen molar-refractivity contribution in [2.75, 3.05) is 0 Å². The number of hydrogen-bond acceptors (Lipinski definition) is 0. The van der Waals surface area contributed by atoms with Crippen LogP contribution in [0.3, 0.4) is 0 Å². The van der Waals surface area contributed by atoms with Gasteiger partial charge in [0.05, 0.1) is 11.0 Å². The smallest absolute Gasteiger partial charge is 0.0537 e. The molecule has 8 rings (SSSR count). The van der Waals surface area contributed by atoms with Gasteiger partial charge in [-0.25, -0.2) is 0 Å². The Morgan fingerprint density at radius 1 is 0.447 bits per heavy atom. The number of hydrogen-bond donors (Lipinski definition) is 0. The molecule has 0 aliphatic heterocycles. The Kier molecular flexibility index (Phi) is 4.81. The van der Waals surface area contributed by atoms with Crippen molar-refractivity contribution in [1.82, 2.24) is 9.13 Å². The molecule has 2 aliphatic carbocycles. The normalized spacial score (nSPS) is 14.2. The topological polar surface area (TPSA) is 9.86 Å². The van der Waals surface area contributed by atoms with Gasteiger partial charge in [0.15, 0.2) is 0 Å². The van der Waals surface area contributed by atoms with Gasteiger partial charge in [0.25, 0.3) is 0 Å². The average Bonchev–Trinajstić information content (AvgIpc) is 3.51. The second-order valence-corrected chi connectivity index (χ2v) is 10.4. The third-order valence-electron chi connectivity index (χ3n) is 8.28. The Morgan fingerprint density at radius 2 is 0.868 bits per heavy atom. The van der Waals surface area contributed by atoms with Crippen molar-refractivity contribution < 1.29 is 0 Å². The van der Waals surface area contributed by atoms with Gasteiger partial charge in [0.2, 0.25) is 0 Å². The van der Waals surface area contributed by atoms with E-state index < -0.39 is 0 Å². The molecule has 2 aliphatic rings. The quantitative estimate of drug-likeness (QED) is 0.235. The van der Waals surface area contributed by atoms with Crippen molar-refractivity contribution in [2.24, 2.45) is 0 Å². The Bertz CT molecular complexity index is 1750. The van der Waals surface area contributed by atoms with Crippen LogP contribution in [0, 0.1) is 0 Å². The summed E-state index contributed by atoms with van der Waals surface area (Å²) >= 11 is 0. The van der Waals surface area contributed by atoms with E-state index >= 15 is 0 Å². The molecule has 0 radical (unpaired) electrons. The highest BCUT2D eigenvalue weighted by atomic mass is 15.0. The SMILES string of the molecule is C1=Cc2c(n(-c3ccc(-c4ccc(-n5c6c(c7ccccc75)C=CCC6)cc4)cc3)c3ccccc23)CC1. The zero-order valence-electron chi connectivity index (χ0n) is 21.3. The number of allylic oxidation sites excluding steroid dienone is 2. The Balaban J connectivity index is 1.17. The zero-order valence-corrected chi connectivity index (χ0v) is 21.3. The fraction of sp³-hybridized carbons (Fsp3) is 0.111. The predicted octanol–water partition coefficient (Wildman–Crippen LogP) is 9.16. The Morgan fingerprint density at radius 3 is 1.32 bits per heavy atom. The first-order valence-corrected chi connectivity index (χ1v) is 13.7. The maximum Gasteiger partial charge on any atom is 0.0537 e. The molecule has 2 nitrogen and oxygen atoms in total. The molecule has 0 fully saturated rings.